The summed E-state index contributed by atoms with van der Waals surface area (Å²) in [6.45, 7) is 14.9. The first-order valence-corrected chi connectivity index (χ1v) is 4.91. The lowest BCUT2D eigenvalue weighted by molar-refractivity contribution is 0.355. The molecule has 0 N–H and O–H groups in total. The van der Waals surface area contributed by atoms with Gasteiger partial charge in [0.05, 0.1) is 0 Å². The molecule has 0 aromatic heterocycles. The quantitative estimate of drug-likeness (QED) is 0.544. The van der Waals surface area contributed by atoms with Gasteiger partial charge in [-0.25, -0.2) is 0 Å². The first-order valence-electron chi connectivity index (χ1n) is 4.91. The van der Waals surface area contributed by atoms with Crippen LogP contribution in [0.3, 0.4) is 0 Å². The fourth-order valence-electron chi connectivity index (χ4n) is 2.68. The van der Waals surface area contributed by atoms with Gasteiger partial charge in [0, 0.05) is 5.92 Å². The molecule has 0 heterocycles. The fraction of sp³-hybridized carbons (Fsp3) is 0.667. The first-order chi connectivity index (χ1) is 5.57. The molecule has 3 unspecified atom stereocenters. The normalized spacial score (nSPS) is 35.6. The second kappa shape index (κ2) is 3.47. The molecule has 1 aliphatic rings. The summed E-state index contributed by atoms with van der Waals surface area (Å²) in [6.07, 6.45) is 2.47. The van der Waals surface area contributed by atoms with Gasteiger partial charge >= 0.3 is 0 Å². The molecule has 0 aromatic carbocycles. The lowest BCUT2D eigenvalue weighted by Crippen LogP contribution is -2.13. The van der Waals surface area contributed by atoms with Gasteiger partial charge in [0.15, 0.2) is 0 Å². The van der Waals surface area contributed by atoms with Crippen LogP contribution < -0.4 is 0 Å². The van der Waals surface area contributed by atoms with Gasteiger partial charge in [-0.05, 0) is 25.2 Å². The van der Waals surface area contributed by atoms with E-state index in [1.807, 2.05) is 0 Å². The average Bonchev–Trinajstić information content (AvgIpc) is 2.24. The Labute approximate surface area is 76.4 Å². The third kappa shape index (κ3) is 1.48. The molecule has 1 saturated carbocycles. The predicted molar refractivity (Wildman–Crippen MR) is 55.0 cm³/mol. The van der Waals surface area contributed by atoms with Crippen LogP contribution in [0.5, 0.6) is 0 Å². The number of allylic oxidation sites excluding steroid dienone is 2. The Bertz CT molecular complexity index is 200. The number of rotatable bonds is 2. The molecule has 0 spiro atoms. The van der Waals surface area contributed by atoms with E-state index >= 15 is 0 Å². The third-order valence-corrected chi connectivity index (χ3v) is 3.19. The molecule has 0 radical (unpaired) electrons. The van der Waals surface area contributed by atoms with Crippen molar-refractivity contribution in [3.8, 4) is 0 Å². The molecular weight excluding hydrogens is 144 g/mol. The Morgan fingerprint density at radius 1 is 1.58 bits per heavy atom. The monoisotopic (exact) mass is 164 g/mol. The van der Waals surface area contributed by atoms with Crippen LogP contribution in [0, 0.1) is 17.8 Å². The molecule has 0 nitrogen and oxygen atoms in total. The van der Waals surface area contributed by atoms with E-state index in [0.717, 1.165) is 11.8 Å². The second-order valence-corrected chi connectivity index (χ2v) is 4.24. The largest absolute Gasteiger partial charge is 0.0995 e. The van der Waals surface area contributed by atoms with E-state index in [0.29, 0.717) is 5.92 Å². The van der Waals surface area contributed by atoms with E-state index in [1.165, 1.54) is 24.0 Å². The lowest BCUT2D eigenvalue weighted by atomic mass is 9.83. The van der Waals surface area contributed by atoms with Gasteiger partial charge in [-0.1, -0.05) is 44.6 Å². The zero-order chi connectivity index (χ0) is 9.30. The highest BCUT2D eigenvalue weighted by Crippen LogP contribution is 2.44. The Balaban J connectivity index is 2.82. The van der Waals surface area contributed by atoms with Gasteiger partial charge in [-0.15, -0.1) is 0 Å². The van der Waals surface area contributed by atoms with Crippen molar-refractivity contribution in [2.75, 3.05) is 0 Å². The van der Waals surface area contributed by atoms with Crippen LogP contribution in [-0.2, 0) is 0 Å². The van der Waals surface area contributed by atoms with Crippen LogP contribution in [0.4, 0.5) is 0 Å². The summed E-state index contributed by atoms with van der Waals surface area (Å²) in [7, 11) is 0. The molecule has 1 rings (SSSR count). The van der Waals surface area contributed by atoms with E-state index in [-0.39, 0.29) is 0 Å². The maximum atomic E-state index is 4.14. The van der Waals surface area contributed by atoms with E-state index in [4.69, 9.17) is 0 Å². The summed E-state index contributed by atoms with van der Waals surface area (Å²) in [6, 6.07) is 0. The number of hydrogen-bond acceptors (Lipinski definition) is 0. The molecule has 0 bridgehead atoms. The van der Waals surface area contributed by atoms with Crippen molar-refractivity contribution in [2.45, 2.75) is 33.6 Å². The minimum absolute atomic E-state index is 0.602. The first kappa shape index (κ1) is 9.57. The van der Waals surface area contributed by atoms with Gasteiger partial charge in [0.2, 0.25) is 0 Å². The fourth-order valence-corrected chi connectivity index (χ4v) is 2.68. The molecule has 12 heavy (non-hydrogen) atoms. The van der Waals surface area contributed by atoms with E-state index in [9.17, 15) is 0 Å². The molecule has 3 atom stereocenters. The standard InChI is InChI=1S/C12H20/c1-6-11-9(4)7-10(5)12(11)8(2)3/h9,11-12H,2,5-7H2,1,3-4H3. The van der Waals surface area contributed by atoms with E-state index in [1.54, 1.807) is 0 Å². The molecule has 1 fully saturated rings. The summed E-state index contributed by atoms with van der Waals surface area (Å²) >= 11 is 0. The van der Waals surface area contributed by atoms with Crippen molar-refractivity contribution in [1.82, 2.24) is 0 Å². The zero-order valence-corrected chi connectivity index (χ0v) is 8.56. The molecule has 0 amide bonds. The van der Waals surface area contributed by atoms with Gasteiger partial charge in [0.25, 0.3) is 0 Å². The molecule has 1 aliphatic carbocycles. The van der Waals surface area contributed by atoms with Crippen LogP contribution >= 0.6 is 0 Å². The molecule has 0 aliphatic heterocycles. The van der Waals surface area contributed by atoms with Crippen molar-refractivity contribution in [1.29, 1.82) is 0 Å². The average molecular weight is 164 g/mol. The van der Waals surface area contributed by atoms with Crippen molar-refractivity contribution in [3.05, 3.63) is 24.3 Å². The summed E-state index contributed by atoms with van der Waals surface area (Å²) < 4.78 is 0. The van der Waals surface area contributed by atoms with E-state index in [2.05, 4.69) is 33.9 Å². The van der Waals surface area contributed by atoms with Gasteiger partial charge in [0.1, 0.15) is 0 Å². The Morgan fingerprint density at radius 3 is 2.50 bits per heavy atom. The summed E-state index contributed by atoms with van der Waals surface area (Å²) in [5.41, 5.74) is 2.71. The molecule has 0 saturated heterocycles. The maximum absolute atomic E-state index is 4.14. The Morgan fingerprint density at radius 2 is 2.17 bits per heavy atom. The molecule has 0 heteroatoms. The molecule has 68 valence electrons. The topological polar surface area (TPSA) is 0 Å². The predicted octanol–water partition coefficient (Wildman–Crippen LogP) is 3.80. The maximum Gasteiger partial charge on any atom is 0.00297 e. The summed E-state index contributed by atoms with van der Waals surface area (Å²) in [5, 5.41) is 0. The third-order valence-electron chi connectivity index (χ3n) is 3.19. The highest BCUT2D eigenvalue weighted by atomic mass is 14.4. The minimum atomic E-state index is 0.602. The number of hydrogen-bond donors (Lipinski definition) is 0. The summed E-state index contributed by atoms with van der Waals surface area (Å²) in [4.78, 5) is 0. The van der Waals surface area contributed by atoms with Crippen LogP contribution in [0.25, 0.3) is 0 Å². The summed E-state index contributed by atoms with van der Waals surface area (Å²) in [5.74, 6) is 2.21. The molecule has 0 aromatic rings. The Kier molecular flexibility index (Phi) is 2.76. The van der Waals surface area contributed by atoms with Gasteiger partial charge < -0.3 is 0 Å². The molecular formula is C12H20. The van der Waals surface area contributed by atoms with Crippen LogP contribution in [0.15, 0.2) is 24.3 Å². The van der Waals surface area contributed by atoms with Crippen molar-refractivity contribution >= 4 is 0 Å². The second-order valence-electron chi connectivity index (χ2n) is 4.24. The van der Waals surface area contributed by atoms with Crippen LogP contribution in [0.2, 0.25) is 0 Å². The zero-order valence-electron chi connectivity index (χ0n) is 8.56. The smallest absolute Gasteiger partial charge is 0.00297 e. The van der Waals surface area contributed by atoms with Crippen LogP contribution in [-0.4, -0.2) is 0 Å². The highest BCUT2D eigenvalue weighted by molar-refractivity contribution is 5.22. The van der Waals surface area contributed by atoms with E-state index < -0.39 is 0 Å². The van der Waals surface area contributed by atoms with Gasteiger partial charge in [-0.3, -0.25) is 0 Å². The highest BCUT2D eigenvalue weighted by Gasteiger charge is 2.34. The lowest BCUT2D eigenvalue weighted by Gasteiger charge is -2.21. The van der Waals surface area contributed by atoms with Crippen molar-refractivity contribution in [2.24, 2.45) is 17.8 Å². The van der Waals surface area contributed by atoms with Crippen molar-refractivity contribution < 1.29 is 0 Å². The van der Waals surface area contributed by atoms with Gasteiger partial charge in [-0.2, -0.15) is 0 Å². The minimum Gasteiger partial charge on any atom is -0.0995 e. The Hall–Kier alpha value is -0.520. The van der Waals surface area contributed by atoms with Crippen LogP contribution in [0.1, 0.15) is 33.6 Å². The van der Waals surface area contributed by atoms with Crippen molar-refractivity contribution in [3.63, 3.8) is 0 Å². The SMILES string of the molecule is C=C(C)C1C(=C)CC(C)C1CC.